The predicted octanol–water partition coefficient (Wildman–Crippen LogP) is 1.73. The number of aliphatic hydroxyl groups excluding tert-OH is 1. The molecule has 8 heteroatoms. The summed E-state index contributed by atoms with van der Waals surface area (Å²) in [4.78, 5) is 40.4. The fraction of sp³-hybridized carbons (Fsp3) is 0.318. The molecule has 1 aromatic carbocycles. The lowest BCUT2D eigenvalue weighted by Crippen LogP contribution is -2.43. The Kier molecular flexibility index (Phi) is 6.68. The number of hydrogen-bond acceptors (Lipinski definition) is 6. The normalized spacial score (nSPS) is 16.2. The maximum Gasteiger partial charge on any atom is 0.339 e. The molecular formula is C22H24N2O6. The van der Waals surface area contributed by atoms with Crippen LogP contribution in [-0.2, 0) is 37.0 Å². The highest BCUT2D eigenvalue weighted by Crippen LogP contribution is 2.33. The smallest absolute Gasteiger partial charge is 0.339 e. The molecule has 1 aromatic heterocycles. The van der Waals surface area contributed by atoms with Gasteiger partial charge in [-0.1, -0.05) is 30.3 Å². The third-order valence-electron chi connectivity index (χ3n) is 4.70. The second-order valence-corrected chi connectivity index (χ2v) is 6.64. The molecule has 0 radical (unpaired) electrons. The van der Waals surface area contributed by atoms with E-state index in [9.17, 15) is 19.5 Å². The average Bonchev–Trinajstić information content (AvgIpc) is 3.32. The van der Waals surface area contributed by atoms with Gasteiger partial charge >= 0.3 is 11.9 Å². The van der Waals surface area contributed by atoms with Gasteiger partial charge in [0.25, 0.3) is 5.91 Å². The molecule has 2 heterocycles. The number of rotatable bonds is 8. The van der Waals surface area contributed by atoms with Crippen molar-refractivity contribution in [2.24, 2.45) is 0 Å². The first-order valence-electron chi connectivity index (χ1n) is 9.72. The van der Waals surface area contributed by atoms with E-state index in [1.807, 2.05) is 30.3 Å². The number of amides is 1. The van der Waals surface area contributed by atoms with Gasteiger partial charge in [-0.3, -0.25) is 4.79 Å². The Labute approximate surface area is 174 Å². The highest BCUT2D eigenvalue weighted by Gasteiger charge is 2.48. The van der Waals surface area contributed by atoms with Gasteiger partial charge in [-0.25, -0.2) is 9.59 Å². The van der Waals surface area contributed by atoms with Crippen molar-refractivity contribution in [1.82, 2.24) is 9.47 Å². The molecule has 1 atom stereocenters. The first-order valence-corrected chi connectivity index (χ1v) is 9.72. The summed E-state index contributed by atoms with van der Waals surface area (Å²) in [7, 11) is 0. The van der Waals surface area contributed by atoms with Crippen molar-refractivity contribution >= 4 is 23.5 Å². The van der Waals surface area contributed by atoms with Gasteiger partial charge in [0.2, 0.25) is 0 Å². The minimum absolute atomic E-state index is 0.0159. The molecule has 3 rings (SSSR count). The summed E-state index contributed by atoms with van der Waals surface area (Å²) in [5.74, 6) is -1.96. The number of ether oxygens (including phenoxy) is 2. The lowest BCUT2D eigenvalue weighted by molar-refractivity contribution is -0.153. The van der Waals surface area contributed by atoms with E-state index in [0.29, 0.717) is 5.56 Å². The monoisotopic (exact) mass is 412 g/mol. The molecule has 30 heavy (non-hydrogen) atoms. The number of aromatic nitrogens is 1. The average molecular weight is 412 g/mol. The van der Waals surface area contributed by atoms with E-state index < -0.39 is 23.9 Å². The van der Waals surface area contributed by atoms with Crippen molar-refractivity contribution in [3.05, 3.63) is 65.5 Å². The summed E-state index contributed by atoms with van der Waals surface area (Å²) < 4.78 is 11.8. The zero-order chi connectivity index (χ0) is 21.7. The highest BCUT2D eigenvalue weighted by atomic mass is 16.5. The zero-order valence-corrected chi connectivity index (χ0v) is 16.9. The van der Waals surface area contributed by atoms with Crippen molar-refractivity contribution in [2.45, 2.75) is 33.0 Å². The Morgan fingerprint density at radius 1 is 1.03 bits per heavy atom. The maximum absolute atomic E-state index is 13.4. The molecule has 1 amide bonds. The van der Waals surface area contributed by atoms with Crippen molar-refractivity contribution in [3.63, 3.8) is 0 Å². The van der Waals surface area contributed by atoms with Crippen LogP contribution in [0.15, 0.2) is 54.4 Å². The molecule has 2 aromatic rings. The fourth-order valence-corrected chi connectivity index (χ4v) is 3.40. The topological polar surface area (TPSA) is 98.1 Å². The Hall–Kier alpha value is -3.39. The van der Waals surface area contributed by atoms with Crippen LogP contribution in [-0.4, -0.2) is 51.7 Å². The van der Waals surface area contributed by atoms with E-state index in [2.05, 4.69) is 0 Å². The molecule has 0 fully saturated rings. The van der Waals surface area contributed by atoms with Gasteiger partial charge < -0.3 is 24.0 Å². The number of benzene rings is 1. The Balaban J connectivity index is 2.13. The lowest BCUT2D eigenvalue weighted by atomic mass is 10.1. The molecule has 1 aliphatic rings. The van der Waals surface area contributed by atoms with E-state index in [1.165, 1.54) is 9.47 Å². The van der Waals surface area contributed by atoms with Crippen LogP contribution >= 0.6 is 0 Å². The van der Waals surface area contributed by atoms with Crippen molar-refractivity contribution in [3.8, 4) is 0 Å². The minimum atomic E-state index is -1.23. The minimum Gasteiger partial charge on any atom is -0.464 e. The van der Waals surface area contributed by atoms with Crippen LogP contribution in [0.2, 0.25) is 0 Å². The van der Waals surface area contributed by atoms with Crippen LogP contribution in [0, 0.1) is 0 Å². The quantitative estimate of drug-likeness (QED) is 0.663. The van der Waals surface area contributed by atoms with Gasteiger partial charge in [-0.2, -0.15) is 0 Å². The second kappa shape index (κ2) is 9.41. The summed E-state index contributed by atoms with van der Waals surface area (Å²) in [6.07, 6.45) is 3.10. The standard InChI is InChI=1S/C22H24N2O6/c1-3-29-21(27)17-18(23-11-10-16(12-23)14-25)20(26)24(19(17)22(28)30-4-2)13-15-8-6-5-7-9-15/h5-12,19,25H,3-4,13-14H2,1-2H3. The van der Waals surface area contributed by atoms with Crippen LogP contribution in [0.25, 0.3) is 5.70 Å². The number of nitrogens with zero attached hydrogens (tertiary/aromatic N) is 2. The molecule has 1 unspecified atom stereocenters. The number of hydrogen-bond donors (Lipinski definition) is 1. The van der Waals surface area contributed by atoms with Crippen LogP contribution in [0.4, 0.5) is 0 Å². The van der Waals surface area contributed by atoms with Crippen molar-refractivity contribution in [1.29, 1.82) is 0 Å². The Bertz CT molecular complexity index is 963. The van der Waals surface area contributed by atoms with Gasteiger partial charge in [-0.15, -0.1) is 0 Å². The molecule has 0 aliphatic carbocycles. The van der Waals surface area contributed by atoms with Crippen LogP contribution in [0.3, 0.4) is 0 Å². The molecule has 0 bridgehead atoms. The van der Waals surface area contributed by atoms with Gasteiger partial charge in [0.05, 0.1) is 19.8 Å². The molecule has 0 saturated carbocycles. The second-order valence-electron chi connectivity index (χ2n) is 6.64. The summed E-state index contributed by atoms with van der Waals surface area (Å²) in [5, 5.41) is 9.39. The van der Waals surface area contributed by atoms with Gasteiger partial charge in [0.1, 0.15) is 11.3 Å². The predicted molar refractivity (Wildman–Crippen MR) is 108 cm³/mol. The maximum atomic E-state index is 13.4. The summed E-state index contributed by atoms with van der Waals surface area (Å²) in [6, 6.07) is 9.56. The summed E-state index contributed by atoms with van der Waals surface area (Å²) >= 11 is 0. The van der Waals surface area contributed by atoms with Crippen LogP contribution < -0.4 is 0 Å². The Morgan fingerprint density at radius 2 is 1.73 bits per heavy atom. The first kappa shape index (κ1) is 21.3. The zero-order valence-electron chi connectivity index (χ0n) is 16.9. The summed E-state index contributed by atoms with van der Waals surface area (Å²) in [6.45, 7) is 3.39. The van der Waals surface area contributed by atoms with E-state index in [-0.39, 0.29) is 37.6 Å². The largest absolute Gasteiger partial charge is 0.464 e. The molecule has 0 saturated heterocycles. The number of esters is 2. The Morgan fingerprint density at radius 3 is 2.33 bits per heavy atom. The fourth-order valence-electron chi connectivity index (χ4n) is 3.40. The van der Waals surface area contributed by atoms with E-state index in [1.54, 1.807) is 32.3 Å². The highest BCUT2D eigenvalue weighted by molar-refractivity contribution is 6.26. The summed E-state index contributed by atoms with van der Waals surface area (Å²) in [5.41, 5.74) is 1.30. The number of carbonyl (C=O) groups is 3. The molecule has 158 valence electrons. The lowest BCUT2D eigenvalue weighted by Gasteiger charge is -2.24. The van der Waals surface area contributed by atoms with Gasteiger partial charge in [0.15, 0.2) is 6.04 Å². The van der Waals surface area contributed by atoms with Crippen LogP contribution in [0.5, 0.6) is 0 Å². The first-order chi connectivity index (χ1) is 14.5. The molecular weight excluding hydrogens is 388 g/mol. The third-order valence-corrected chi connectivity index (χ3v) is 4.70. The van der Waals surface area contributed by atoms with Gasteiger partial charge in [0, 0.05) is 18.9 Å². The molecule has 8 nitrogen and oxygen atoms in total. The van der Waals surface area contributed by atoms with Gasteiger partial charge in [-0.05, 0) is 31.0 Å². The van der Waals surface area contributed by atoms with E-state index >= 15 is 0 Å². The number of carbonyl (C=O) groups excluding carboxylic acids is 3. The van der Waals surface area contributed by atoms with Crippen molar-refractivity contribution < 1.29 is 29.0 Å². The van der Waals surface area contributed by atoms with E-state index in [4.69, 9.17) is 9.47 Å². The molecule has 1 N–H and O–H groups in total. The van der Waals surface area contributed by atoms with Crippen LogP contribution in [0.1, 0.15) is 25.0 Å². The molecule has 0 spiro atoms. The number of aliphatic hydroxyl groups is 1. The SMILES string of the molecule is CCOC(=O)C1=C(n2ccc(CO)c2)C(=O)N(Cc2ccccc2)C1C(=O)OCC. The van der Waals surface area contributed by atoms with Crippen molar-refractivity contribution in [2.75, 3.05) is 13.2 Å². The molecule has 1 aliphatic heterocycles. The van der Waals surface area contributed by atoms with E-state index in [0.717, 1.165) is 5.56 Å². The third kappa shape index (κ3) is 4.13.